The number of nitrogens with one attached hydrogen (secondary N) is 2. The Labute approximate surface area is 202 Å². The van der Waals surface area contributed by atoms with Gasteiger partial charge in [-0.2, -0.15) is 0 Å². The summed E-state index contributed by atoms with van der Waals surface area (Å²) >= 11 is 0. The number of carbonyl (C=O) groups is 1. The predicted molar refractivity (Wildman–Crippen MR) is 133 cm³/mol. The van der Waals surface area contributed by atoms with Crippen LogP contribution in [-0.4, -0.2) is 24.9 Å². The van der Waals surface area contributed by atoms with Crippen LogP contribution < -0.4 is 20.1 Å². The monoisotopic (exact) mass is 471 g/mol. The Bertz CT molecular complexity index is 1330. The summed E-state index contributed by atoms with van der Waals surface area (Å²) in [6.07, 6.45) is 0.980. The first kappa shape index (κ1) is 22.5. The Hall–Kier alpha value is -4.33. The van der Waals surface area contributed by atoms with Gasteiger partial charge in [-0.1, -0.05) is 18.2 Å². The van der Waals surface area contributed by atoms with Crippen molar-refractivity contribution in [2.75, 3.05) is 24.9 Å². The Balaban J connectivity index is 1.57. The number of hydrogen-bond donors (Lipinski definition) is 2. The highest BCUT2D eigenvalue weighted by atomic mass is 16.6. The molecule has 0 amide bonds. The molecule has 0 fully saturated rings. The highest BCUT2D eigenvalue weighted by Crippen LogP contribution is 2.45. The number of benzene rings is 3. The number of non-ortho nitro benzene ring substituents is 1. The van der Waals surface area contributed by atoms with Crippen LogP contribution in [0.1, 0.15) is 35.9 Å². The molecule has 2 aliphatic rings. The molecule has 3 aromatic carbocycles. The first-order chi connectivity index (χ1) is 17.0. The number of ether oxygens (including phenoxy) is 2. The molecule has 1 aliphatic carbocycles. The van der Waals surface area contributed by atoms with Crippen LogP contribution in [0.2, 0.25) is 0 Å². The zero-order valence-corrected chi connectivity index (χ0v) is 19.4. The number of rotatable bonds is 5. The van der Waals surface area contributed by atoms with Crippen LogP contribution in [-0.2, 0) is 4.79 Å². The minimum atomic E-state index is -0.430. The summed E-state index contributed by atoms with van der Waals surface area (Å²) in [5.41, 5.74) is 5.05. The molecule has 0 aromatic heterocycles. The maximum absolute atomic E-state index is 13.7. The number of Topliss-reactive ketones (excluding diaryl/α,β-unsaturated/α-hetero) is 1. The number of fused-ring (bicyclic) bond motifs is 1. The van der Waals surface area contributed by atoms with E-state index in [1.165, 1.54) is 12.1 Å². The Kier molecular flexibility index (Phi) is 5.86. The number of nitro groups is 1. The third kappa shape index (κ3) is 4.19. The molecule has 0 spiro atoms. The first-order valence-corrected chi connectivity index (χ1v) is 11.3. The normalized spacial score (nSPS) is 19.0. The Morgan fingerprint density at radius 1 is 0.886 bits per heavy atom. The third-order valence-corrected chi connectivity index (χ3v) is 6.63. The van der Waals surface area contributed by atoms with Crippen LogP contribution in [0.15, 0.2) is 78.0 Å². The van der Waals surface area contributed by atoms with Crippen molar-refractivity contribution in [3.63, 3.8) is 0 Å². The van der Waals surface area contributed by atoms with Crippen LogP contribution >= 0.6 is 0 Å². The van der Waals surface area contributed by atoms with Gasteiger partial charge in [0.05, 0.1) is 36.6 Å². The minimum Gasteiger partial charge on any atom is -0.493 e. The van der Waals surface area contributed by atoms with Gasteiger partial charge in [0, 0.05) is 29.8 Å². The summed E-state index contributed by atoms with van der Waals surface area (Å²) in [4.78, 5) is 24.4. The van der Waals surface area contributed by atoms with Gasteiger partial charge >= 0.3 is 0 Å². The summed E-state index contributed by atoms with van der Waals surface area (Å²) in [7, 11) is 3.19. The number of para-hydroxylation sites is 2. The van der Waals surface area contributed by atoms with E-state index in [0.717, 1.165) is 28.2 Å². The number of nitro benzene ring substituents is 1. The molecule has 0 bridgehead atoms. The lowest BCUT2D eigenvalue weighted by Crippen LogP contribution is -2.26. The van der Waals surface area contributed by atoms with E-state index in [4.69, 9.17) is 9.47 Å². The molecule has 0 radical (unpaired) electrons. The van der Waals surface area contributed by atoms with E-state index in [1.807, 2.05) is 42.5 Å². The molecule has 35 heavy (non-hydrogen) atoms. The lowest BCUT2D eigenvalue weighted by Gasteiger charge is -2.30. The molecule has 2 N–H and O–H groups in total. The van der Waals surface area contributed by atoms with Crippen LogP contribution in [0.4, 0.5) is 17.1 Å². The van der Waals surface area contributed by atoms with E-state index in [1.54, 1.807) is 26.4 Å². The van der Waals surface area contributed by atoms with Crippen molar-refractivity contribution in [3.05, 3.63) is 99.2 Å². The molecule has 3 aromatic rings. The Morgan fingerprint density at radius 3 is 2.26 bits per heavy atom. The highest BCUT2D eigenvalue weighted by molar-refractivity contribution is 6.01. The summed E-state index contributed by atoms with van der Waals surface area (Å²) < 4.78 is 10.8. The molecule has 0 saturated carbocycles. The summed E-state index contributed by atoms with van der Waals surface area (Å²) in [6, 6.07) is 19.5. The van der Waals surface area contributed by atoms with Crippen molar-refractivity contribution in [2.45, 2.75) is 24.8 Å². The molecule has 2 atom stereocenters. The first-order valence-electron chi connectivity index (χ1n) is 11.3. The average molecular weight is 472 g/mol. The van der Waals surface area contributed by atoms with Crippen molar-refractivity contribution in [1.82, 2.24) is 0 Å². The van der Waals surface area contributed by atoms with Crippen LogP contribution in [0.25, 0.3) is 0 Å². The molecule has 8 heteroatoms. The van der Waals surface area contributed by atoms with E-state index in [-0.39, 0.29) is 17.4 Å². The van der Waals surface area contributed by atoms with E-state index in [0.29, 0.717) is 29.9 Å². The topological polar surface area (TPSA) is 103 Å². The van der Waals surface area contributed by atoms with Crippen LogP contribution in [0.3, 0.4) is 0 Å². The van der Waals surface area contributed by atoms with Gasteiger partial charge in [-0.25, -0.2) is 0 Å². The van der Waals surface area contributed by atoms with E-state index in [9.17, 15) is 14.9 Å². The summed E-state index contributed by atoms with van der Waals surface area (Å²) in [5.74, 6) is 1.27. The second kappa shape index (κ2) is 9.13. The quantitative estimate of drug-likeness (QED) is 0.369. The van der Waals surface area contributed by atoms with Gasteiger partial charge in [0.15, 0.2) is 17.3 Å². The van der Waals surface area contributed by atoms with Crippen molar-refractivity contribution in [2.24, 2.45) is 0 Å². The second-order valence-electron chi connectivity index (χ2n) is 8.63. The fraction of sp³-hybridized carbons (Fsp3) is 0.222. The number of anilines is 2. The molecular formula is C27H25N3O5. The van der Waals surface area contributed by atoms with Gasteiger partial charge in [-0.3, -0.25) is 14.9 Å². The van der Waals surface area contributed by atoms with Crippen molar-refractivity contribution in [1.29, 1.82) is 0 Å². The lowest BCUT2D eigenvalue weighted by molar-refractivity contribution is -0.384. The van der Waals surface area contributed by atoms with Crippen LogP contribution in [0, 0.1) is 10.1 Å². The summed E-state index contributed by atoms with van der Waals surface area (Å²) in [6.45, 7) is 0. The zero-order valence-electron chi connectivity index (χ0n) is 19.4. The van der Waals surface area contributed by atoms with E-state index < -0.39 is 11.0 Å². The van der Waals surface area contributed by atoms with Crippen molar-refractivity contribution >= 4 is 22.8 Å². The molecule has 1 heterocycles. The van der Waals surface area contributed by atoms with Gasteiger partial charge < -0.3 is 20.1 Å². The molecular weight excluding hydrogens is 446 g/mol. The maximum Gasteiger partial charge on any atom is 0.269 e. The Morgan fingerprint density at radius 2 is 1.57 bits per heavy atom. The van der Waals surface area contributed by atoms with Crippen LogP contribution in [0.5, 0.6) is 11.5 Å². The fourth-order valence-corrected chi connectivity index (χ4v) is 4.87. The number of methoxy groups -OCH3 is 2. The molecule has 1 aliphatic heterocycles. The standard InChI is InChI=1S/C27H25N3O5/c1-34-24-12-9-17(15-25(24)35-2)18-13-22-26(23(31)14-18)27(16-7-10-19(11-8-16)30(32)33)29-21-6-4-3-5-20(21)28-22/h3-12,15,18,27-29H,13-14H2,1-2H3/t18-,27+/m0/s1. The number of allylic oxidation sites excluding steroid dienone is 1. The largest absolute Gasteiger partial charge is 0.493 e. The SMILES string of the molecule is COc1ccc([C@@H]2CC(=O)C3=C(C2)Nc2ccccc2N[C@@H]3c2ccc([N+](=O)[O-])cc2)cc1OC. The smallest absolute Gasteiger partial charge is 0.269 e. The lowest BCUT2D eigenvalue weighted by atomic mass is 9.78. The van der Waals surface area contributed by atoms with Gasteiger partial charge in [0.25, 0.3) is 5.69 Å². The van der Waals surface area contributed by atoms with E-state index >= 15 is 0 Å². The molecule has 5 rings (SSSR count). The second-order valence-corrected chi connectivity index (χ2v) is 8.63. The number of ketones is 1. The average Bonchev–Trinajstić information content (AvgIpc) is 3.05. The van der Waals surface area contributed by atoms with Gasteiger partial charge in [0.1, 0.15) is 0 Å². The number of hydrogen-bond acceptors (Lipinski definition) is 7. The number of carbonyl (C=O) groups excluding carboxylic acids is 1. The zero-order chi connectivity index (χ0) is 24.5. The number of nitrogens with zero attached hydrogens (tertiary/aromatic N) is 1. The maximum atomic E-state index is 13.7. The molecule has 8 nitrogen and oxygen atoms in total. The van der Waals surface area contributed by atoms with Gasteiger partial charge in [-0.05, 0) is 59.9 Å². The summed E-state index contributed by atoms with van der Waals surface area (Å²) in [5, 5.41) is 18.1. The van der Waals surface area contributed by atoms with E-state index in [2.05, 4.69) is 10.6 Å². The van der Waals surface area contributed by atoms with Crippen molar-refractivity contribution in [3.8, 4) is 11.5 Å². The van der Waals surface area contributed by atoms with Crippen molar-refractivity contribution < 1.29 is 19.2 Å². The predicted octanol–water partition coefficient (Wildman–Crippen LogP) is 5.59. The molecule has 0 saturated heterocycles. The molecule has 0 unspecified atom stereocenters. The fourth-order valence-electron chi connectivity index (χ4n) is 4.87. The third-order valence-electron chi connectivity index (χ3n) is 6.63. The van der Waals surface area contributed by atoms with Gasteiger partial charge in [0.2, 0.25) is 0 Å². The molecule has 178 valence electrons. The minimum absolute atomic E-state index is 0.0126. The van der Waals surface area contributed by atoms with Gasteiger partial charge in [-0.15, -0.1) is 0 Å². The highest BCUT2D eigenvalue weighted by Gasteiger charge is 2.36.